The predicted molar refractivity (Wildman–Crippen MR) is 84.9 cm³/mol. The first-order valence-corrected chi connectivity index (χ1v) is 6.98. The number of hydrogen-bond donors (Lipinski definition) is 0. The summed E-state index contributed by atoms with van der Waals surface area (Å²) in [7, 11) is 1.50. The SMILES string of the molecule is COc1ccccc1N1C(=O)C=C(c2ccc(Cl)cc2)C1=O. The summed E-state index contributed by atoms with van der Waals surface area (Å²) >= 11 is 5.85. The molecule has 0 saturated heterocycles. The van der Waals surface area contributed by atoms with E-state index >= 15 is 0 Å². The number of nitrogens with zero attached hydrogens (tertiary/aromatic N) is 1. The Hall–Kier alpha value is -2.59. The third-order valence-corrected chi connectivity index (χ3v) is 3.65. The van der Waals surface area contributed by atoms with E-state index in [4.69, 9.17) is 16.3 Å². The van der Waals surface area contributed by atoms with Crippen molar-refractivity contribution in [2.45, 2.75) is 0 Å². The molecule has 3 rings (SSSR count). The number of hydrogen-bond acceptors (Lipinski definition) is 3. The third-order valence-electron chi connectivity index (χ3n) is 3.40. The van der Waals surface area contributed by atoms with Crippen molar-refractivity contribution in [3.05, 3.63) is 65.2 Å². The Bertz CT molecular complexity index is 781. The fourth-order valence-electron chi connectivity index (χ4n) is 2.35. The molecule has 0 fully saturated rings. The van der Waals surface area contributed by atoms with E-state index in [9.17, 15) is 9.59 Å². The number of imide groups is 1. The Balaban J connectivity index is 2.00. The van der Waals surface area contributed by atoms with Crippen LogP contribution in [0.25, 0.3) is 5.57 Å². The molecule has 0 atom stereocenters. The smallest absolute Gasteiger partial charge is 0.266 e. The van der Waals surface area contributed by atoms with E-state index in [1.165, 1.54) is 13.2 Å². The summed E-state index contributed by atoms with van der Waals surface area (Å²) in [6.45, 7) is 0. The number of carbonyl (C=O) groups is 2. The molecule has 0 spiro atoms. The largest absolute Gasteiger partial charge is 0.495 e. The highest BCUT2D eigenvalue weighted by Crippen LogP contribution is 2.34. The molecule has 110 valence electrons. The molecule has 1 aliphatic heterocycles. The minimum Gasteiger partial charge on any atom is -0.495 e. The zero-order valence-electron chi connectivity index (χ0n) is 11.7. The molecule has 0 aliphatic carbocycles. The fraction of sp³-hybridized carbons (Fsp3) is 0.0588. The second-order valence-corrected chi connectivity index (χ2v) is 5.15. The molecule has 0 saturated carbocycles. The van der Waals surface area contributed by atoms with E-state index in [0.717, 1.165) is 4.90 Å². The van der Waals surface area contributed by atoms with Crippen LogP contribution in [-0.4, -0.2) is 18.9 Å². The van der Waals surface area contributed by atoms with Crippen molar-refractivity contribution in [1.82, 2.24) is 0 Å². The maximum atomic E-state index is 12.6. The Morgan fingerprint density at radius 1 is 1.00 bits per heavy atom. The van der Waals surface area contributed by atoms with Gasteiger partial charge in [0.05, 0.1) is 18.4 Å². The monoisotopic (exact) mass is 313 g/mol. The molecule has 0 aromatic heterocycles. The van der Waals surface area contributed by atoms with Crippen LogP contribution in [0, 0.1) is 0 Å². The van der Waals surface area contributed by atoms with Crippen molar-refractivity contribution in [2.75, 3.05) is 12.0 Å². The van der Waals surface area contributed by atoms with Gasteiger partial charge in [-0.25, -0.2) is 4.90 Å². The van der Waals surface area contributed by atoms with Gasteiger partial charge >= 0.3 is 0 Å². The standard InChI is InChI=1S/C17H12ClNO3/c1-22-15-5-3-2-4-14(15)19-16(20)10-13(17(19)21)11-6-8-12(18)9-7-11/h2-10H,1H3. The third kappa shape index (κ3) is 2.38. The lowest BCUT2D eigenvalue weighted by Crippen LogP contribution is -2.30. The molecule has 2 amide bonds. The molecule has 0 radical (unpaired) electrons. The van der Waals surface area contributed by atoms with Crippen molar-refractivity contribution in [3.8, 4) is 5.75 Å². The number of para-hydroxylation sites is 2. The van der Waals surface area contributed by atoms with Gasteiger partial charge in [-0.3, -0.25) is 9.59 Å². The minimum absolute atomic E-state index is 0.340. The first-order chi connectivity index (χ1) is 10.6. The first-order valence-electron chi connectivity index (χ1n) is 6.61. The molecule has 4 nitrogen and oxygen atoms in total. The Morgan fingerprint density at radius 3 is 2.36 bits per heavy atom. The van der Waals surface area contributed by atoms with Gasteiger partial charge in [-0.05, 0) is 29.8 Å². The summed E-state index contributed by atoms with van der Waals surface area (Å²) in [5.41, 5.74) is 1.42. The van der Waals surface area contributed by atoms with Crippen LogP contribution in [0.15, 0.2) is 54.6 Å². The quantitative estimate of drug-likeness (QED) is 0.817. The van der Waals surface area contributed by atoms with Gasteiger partial charge in [0.15, 0.2) is 0 Å². The lowest BCUT2D eigenvalue weighted by atomic mass is 10.1. The highest BCUT2D eigenvalue weighted by Gasteiger charge is 2.34. The molecule has 22 heavy (non-hydrogen) atoms. The normalized spacial score (nSPS) is 14.3. The van der Waals surface area contributed by atoms with Crippen LogP contribution in [0.3, 0.4) is 0 Å². The van der Waals surface area contributed by atoms with Crippen molar-refractivity contribution in [3.63, 3.8) is 0 Å². The fourth-order valence-corrected chi connectivity index (χ4v) is 2.48. The second-order valence-electron chi connectivity index (χ2n) is 4.72. The number of benzene rings is 2. The maximum Gasteiger partial charge on any atom is 0.266 e. The molecular weight excluding hydrogens is 302 g/mol. The highest BCUT2D eigenvalue weighted by atomic mass is 35.5. The van der Waals surface area contributed by atoms with Gasteiger partial charge in [-0.15, -0.1) is 0 Å². The predicted octanol–water partition coefficient (Wildman–Crippen LogP) is 3.31. The summed E-state index contributed by atoms with van der Waals surface area (Å²) in [5, 5.41) is 0.572. The average Bonchev–Trinajstić information content (AvgIpc) is 2.83. The van der Waals surface area contributed by atoms with E-state index in [1.807, 2.05) is 0 Å². The Labute approximate surface area is 132 Å². The molecule has 5 heteroatoms. The lowest BCUT2D eigenvalue weighted by molar-refractivity contribution is -0.119. The van der Waals surface area contributed by atoms with Gasteiger partial charge in [0.1, 0.15) is 5.75 Å². The molecule has 2 aromatic rings. The van der Waals surface area contributed by atoms with Gasteiger partial charge in [0, 0.05) is 11.1 Å². The van der Waals surface area contributed by atoms with Gasteiger partial charge in [0.25, 0.3) is 11.8 Å². The van der Waals surface area contributed by atoms with Crippen LogP contribution in [0.2, 0.25) is 5.02 Å². The van der Waals surface area contributed by atoms with Crippen molar-refractivity contribution < 1.29 is 14.3 Å². The van der Waals surface area contributed by atoms with Gasteiger partial charge < -0.3 is 4.74 Å². The summed E-state index contributed by atoms with van der Waals surface area (Å²) < 4.78 is 5.22. The molecule has 0 unspecified atom stereocenters. The zero-order valence-corrected chi connectivity index (χ0v) is 12.5. The number of ether oxygens (including phenoxy) is 1. The molecule has 1 aliphatic rings. The van der Waals surface area contributed by atoms with Gasteiger partial charge in [-0.1, -0.05) is 35.9 Å². The number of anilines is 1. The van der Waals surface area contributed by atoms with E-state index in [-0.39, 0.29) is 11.8 Å². The number of amides is 2. The van der Waals surface area contributed by atoms with Crippen molar-refractivity contribution >= 4 is 34.7 Å². The summed E-state index contributed by atoms with van der Waals surface area (Å²) in [6.07, 6.45) is 1.33. The molecule has 1 heterocycles. The summed E-state index contributed by atoms with van der Waals surface area (Å²) in [6, 6.07) is 13.7. The molecule has 0 bridgehead atoms. The van der Waals surface area contributed by atoms with Crippen LogP contribution in [0.1, 0.15) is 5.56 Å². The van der Waals surface area contributed by atoms with Gasteiger partial charge in [-0.2, -0.15) is 0 Å². The second kappa shape index (κ2) is 5.66. The lowest BCUT2D eigenvalue weighted by Gasteiger charge is -2.17. The first kappa shape index (κ1) is 14.4. The number of methoxy groups -OCH3 is 1. The summed E-state index contributed by atoms with van der Waals surface area (Å²) in [4.78, 5) is 26.0. The van der Waals surface area contributed by atoms with Crippen LogP contribution >= 0.6 is 11.6 Å². The highest BCUT2D eigenvalue weighted by molar-refractivity contribution is 6.43. The average molecular weight is 314 g/mol. The number of rotatable bonds is 3. The Kier molecular flexibility index (Phi) is 3.69. The molecule has 0 N–H and O–H groups in total. The van der Waals surface area contributed by atoms with E-state index in [1.54, 1.807) is 48.5 Å². The van der Waals surface area contributed by atoms with E-state index < -0.39 is 0 Å². The Morgan fingerprint density at radius 2 is 1.68 bits per heavy atom. The van der Waals surface area contributed by atoms with E-state index in [0.29, 0.717) is 27.6 Å². The van der Waals surface area contributed by atoms with Crippen LogP contribution in [-0.2, 0) is 9.59 Å². The topological polar surface area (TPSA) is 46.6 Å². The summed E-state index contributed by atoms with van der Waals surface area (Å²) in [5.74, 6) is -0.300. The van der Waals surface area contributed by atoms with Gasteiger partial charge in [0.2, 0.25) is 0 Å². The maximum absolute atomic E-state index is 12.6. The number of carbonyl (C=O) groups excluding carboxylic acids is 2. The van der Waals surface area contributed by atoms with Crippen molar-refractivity contribution in [2.24, 2.45) is 0 Å². The minimum atomic E-state index is -0.389. The number of halogens is 1. The molecular formula is C17H12ClNO3. The molecule has 2 aromatic carbocycles. The van der Waals surface area contributed by atoms with Crippen LogP contribution < -0.4 is 9.64 Å². The van der Waals surface area contributed by atoms with E-state index in [2.05, 4.69) is 0 Å². The van der Waals surface area contributed by atoms with Crippen molar-refractivity contribution in [1.29, 1.82) is 0 Å². The van der Waals surface area contributed by atoms with Crippen LogP contribution in [0.5, 0.6) is 5.75 Å². The van der Waals surface area contributed by atoms with Crippen LogP contribution in [0.4, 0.5) is 5.69 Å². The zero-order chi connectivity index (χ0) is 15.7.